The van der Waals surface area contributed by atoms with Crippen LogP contribution in [0.15, 0.2) is 50.1 Å². The van der Waals surface area contributed by atoms with Gasteiger partial charge in [0.25, 0.3) is 0 Å². The Morgan fingerprint density at radius 2 is 1.96 bits per heavy atom. The molecule has 1 N–H and O–H groups in total. The minimum atomic E-state index is -0.340. The Balaban J connectivity index is 2.25. The zero-order chi connectivity index (χ0) is 16.6. The van der Waals surface area contributed by atoms with Gasteiger partial charge in [-0.1, -0.05) is 12.1 Å². The molecule has 1 heterocycles. The van der Waals surface area contributed by atoms with Crippen LogP contribution in [0.25, 0.3) is 11.0 Å². The van der Waals surface area contributed by atoms with Crippen molar-refractivity contribution in [2.45, 2.75) is 13.8 Å². The second kappa shape index (κ2) is 5.90. The lowest BCUT2D eigenvalue weighted by Gasteiger charge is -2.10. The van der Waals surface area contributed by atoms with Gasteiger partial charge in [-0.2, -0.15) is 5.26 Å². The summed E-state index contributed by atoms with van der Waals surface area (Å²) < 4.78 is 6.50. The van der Waals surface area contributed by atoms with Crippen molar-refractivity contribution in [3.63, 3.8) is 0 Å². The standard InChI is InChI=1S/C18H13BrN2O2/c1-10-4-3-5-12(6-10)21-18-14(9-20)16(22)13-7-11(2)8-15(19)17(13)23-18/h3-8,21H,1-2H3. The van der Waals surface area contributed by atoms with Gasteiger partial charge < -0.3 is 9.73 Å². The second-order valence-electron chi connectivity index (χ2n) is 5.37. The molecule has 114 valence electrons. The molecule has 3 aromatic rings. The number of nitrogens with one attached hydrogen (secondary N) is 1. The van der Waals surface area contributed by atoms with Crippen LogP contribution in [0, 0.1) is 25.2 Å². The normalized spacial score (nSPS) is 10.5. The first-order valence-corrected chi connectivity index (χ1v) is 7.79. The van der Waals surface area contributed by atoms with Gasteiger partial charge >= 0.3 is 0 Å². The van der Waals surface area contributed by atoms with E-state index in [1.54, 1.807) is 6.07 Å². The van der Waals surface area contributed by atoms with E-state index < -0.39 is 0 Å². The maximum absolute atomic E-state index is 12.6. The largest absolute Gasteiger partial charge is 0.437 e. The molecule has 0 unspecified atom stereocenters. The van der Waals surface area contributed by atoms with Gasteiger partial charge in [0.15, 0.2) is 11.1 Å². The molecule has 0 bridgehead atoms. The van der Waals surface area contributed by atoms with E-state index in [0.29, 0.717) is 15.4 Å². The van der Waals surface area contributed by atoms with E-state index in [1.807, 2.05) is 50.2 Å². The van der Waals surface area contributed by atoms with Crippen LogP contribution >= 0.6 is 15.9 Å². The van der Waals surface area contributed by atoms with Crippen LogP contribution in [0.5, 0.6) is 0 Å². The Morgan fingerprint density at radius 1 is 1.17 bits per heavy atom. The monoisotopic (exact) mass is 368 g/mol. The van der Waals surface area contributed by atoms with Crippen LogP contribution in [-0.2, 0) is 0 Å². The van der Waals surface area contributed by atoms with Gasteiger partial charge in [0.2, 0.25) is 11.3 Å². The van der Waals surface area contributed by atoms with E-state index in [0.717, 1.165) is 16.8 Å². The van der Waals surface area contributed by atoms with Gasteiger partial charge in [0, 0.05) is 5.69 Å². The summed E-state index contributed by atoms with van der Waals surface area (Å²) in [4.78, 5) is 12.6. The summed E-state index contributed by atoms with van der Waals surface area (Å²) in [6, 6.07) is 13.2. The molecule has 0 aliphatic rings. The molecule has 0 saturated carbocycles. The topological polar surface area (TPSA) is 66.0 Å². The molecule has 0 amide bonds. The summed E-state index contributed by atoms with van der Waals surface area (Å²) in [6.07, 6.45) is 0. The van der Waals surface area contributed by atoms with Crippen molar-refractivity contribution in [3.05, 3.63) is 67.8 Å². The van der Waals surface area contributed by atoms with Gasteiger partial charge in [-0.05, 0) is 65.2 Å². The SMILES string of the molecule is Cc1cccc(Nc2oc3c(Br)cc(C)cc3c(=O)c2C#N)c1. The fraction of sp³-hybridized carbons (Fsp3) is 0.111. The van der Waals surface area contributed by atoms with Gasteiger partial charge in [-0.3, -0.25) is 4.79 Å². The summed E-state index contributed by atoms with van der Waals surface area (Å²) in [5.41, 5.74) is 2.79. The number of aryl methyl sites for hydroxylation is 2. The Kier molecular flexibility index (Phi) is 3.93. The number of nitrogens with zero attached hydrogens (tertiary/aromatic N) is 1. The number of anilines is 2. The highest BCUT2D eigenvalue weighted by atomic mass is 79.9. The fourth-order valence-corrected chi connectivity index (χ4v) is 3.09. The molecule has 0 aliphatic carbocycles. The predicted molar refractivity (Wildman–Crippen MR) is 94.1 cm³/mol. The lowest BCUT2D eigenvalue weighted by molar-refractivity contribution is 0.618. The highest BCUT2D eigenvalue weighted by Crippen LogP contribution is 2.29. The summed E-state index contributed by atoms with van der Waals surface area (Å²) >= 11 is 3.42. The molecule has 4 nitrogen and oxygen atoms in total. The lowest BCUT2D eigenvalue weighted by Crippen LogP contribution is -2.10. The highest BCUT2D eigenvalue weighted by Gasteiger charge is 2.16. The van der Waals surface area contributed by atoms with Crippen LogP contribution in [0.3, 0.4) is 0 Å². The number of rotatable bonds is 2. The predicted octanol–water partition coefficient (Wildman–Crippen LogP) is 4.79. The molecule has 5 heteroatoms. The summed E-state index contributed by atoms with van der Waals surface area (Å²) in [5, 5.41) is 12.8. The molecule has 3 rings (SSSR count). The molecule has 1 aromatic heterocycles. The molecular formula is C18H13BrN2O2. The van der Waals surface area contributed by atoms with E-state index in [2.05, 4.69) is 21.2 Å². The number of fused-ring (bicyclic) bond motifs is 1. The molecule has 0 radical (unpaired) electrons. The van der Waals surface area contributed by atoms with Crippen LogP contribution in [-0.4, -0.2) is 0 Å². The van der Waals surface area contributed by atoms with Crippen molar-refractivity contribution in [3.8, 4) is 6.07 Å². The molecule has 0 atom stereocenters. The molecule has 0 aliphatic heterocycles. The Morgan fingerprint density at radius 3 is 2.65 bits per heavy atom. The van der Waals surface area contributed by atoms with Gasteiger partial charge in [-0.25, -0.2) is 0 Å². The average Bonchev–Trinajstić information content (AvgIpc) is 2.49. The van der Waals surface area contributed by atoms with Crippen molar-refractivity contribution in [1.29, 1.82) is 5.26 Å². The van der Waals surface area contributed by atoms with Crippen molar-refractivity contribution in [2.24, 2.45) is 0 Å². The Bertz CT molecular complexity index is 1020. The van der Waals surface area contributed by atoms with E-state index >= 15 is 0 Å². The lowest BCUT2D eigenvalue weighted by atomic mass is 10.1. The first kappa shape index (κ1) is 15.3. The van der Waals surface area contributed by atoms with Crippen LogP contribution in [0.2, 0.25) is 0 Å². The summed E-state index contributed by atoms with van der Waals surface area (Å²) in [6.45, 7) is 3.85. The van der Waals surface area contributed by atoms with E-state index in [-0.39, 0.29) is 16.9 Å². The van der Waals surface area contributed by atoms with E-state index in [1.165, 1.54) is 0 Å². The first-order chi connectivity index (χ1) is 11.0. The third-order valence-corrected chi connectivity index (χ3v) is 4.07. The molecular weight excluding hydrogens is 356 g/mol. The molecule has 0 fully saturated rings. The fourth-order valence-electron chi connectivity index (χ4n) is 2.44. The molecule has 2 aromatic carbocycles. The van der Waals surface area contributed by atoms with Crippen molar-refractivity contribution in [1.82, 2.24) is 0 Å². The Hall–Kier alpha value is -2.58. The van der Waals surface area contributed by atoms with E-state index in [9.17, 15) is 10.1 Å². The number of hydrogen-bond donors (Lipinski definition) is 1. The molecule has 23 heavy (non-hydrogen) atoms. The number of benzene rings is 2. The van der Waals surface area contributed by atoms with Crippen LogP contribution in [0.1, 0.15) is 16.7 Å². The number of halogens is 1. The van der Waals surface area contributed by atoms with Crippen LogP contribution in [0.4, 0.5) is 11.6 Å². The van der Waals surface area contributed by atoms with Crippen LogP contribution < -0.4 is 10.7 Å². The third-order valence-electron chi connectivity index (χ3n) is 3.48. The second-order valence-corrected chi connectivity index (χ2v) is 6.22. The average molecular weight is 369 g/mol. The quantitative estimate of drug-likeness (QED) is 0.706. The van der Waals surface area contributed by atoms with Crippen molar-refractivity contribution >= 4 is 38.5 Å². The molecule has 0 saturated heterocycles. The first-order valence-electron chi connectivity index (χ1n) is 7.00. The summed E-state index contributed by atoms with van der Waals surface area (Å²) in [5.74, 6) is 0.153. The number of hydrogen-bond acceptors (Lipinski definition) is 4. The highest BCUT2D eigenvalue weighted by molar-refractivity contribution is 9.10. The zero-order valence-corrected chi connectivity index (χ0v) is 14.2. The van der Waals surface area contributed by atoms with Crippen molar-refractivity contribution in [2.75, 3.05) is 5.32 Å². The Labute approximate surface area is 141 Å². The van der Waals surface area contributed by atoms with Gasteiger partial charge in [0.05, 0.1) is 9.86 Å². The van der Waals surface area contributed by atoms with Crippen molar-refractivity contribution < 1.29 is 4.42 Å². The maximum Gasteiger partial charge on any atom is 0.219 e. The van der Waals surface area contributed by atoms with E-state index in [4.69, 9.17) is 4.42 Å². The zero-order valence-electron chi connectivity index (χ0n) is 12.6. The smallest absolute Gasteiger partial charge is 0.219 e. The van der Waals surface area contributed by atoms with Gasteiger partial charge in [0.1, 0.15) is 6.07 Å². The number of nitriles is 1. The summed E-state index contributed by atoms with van der Waals surface area (Å²) in [7, 11) is 0. The minimum absolute atomic E-state index is 0.0310. The molecule has 0 spiro atoms. The minimum Gasteiger partial charge on any atom is -0.437 e. The third kappa shape index (κ3) is 2.86. The maximum atomic E-state index is 12.6. The van der Waals surface area contributed by atoms with Gasteiger partial charge in [-0.15, -0.1) is 0 Å².